The molecule has 3 N–H and O–H groups in total. The van der Waals surface area contributed by atoms with Crippen LogP contribution in [0.2, 0.25) is 0 Å². The van der Waals surface area contributed by atoms with Crippen LogP contribution in [0.1, 0.15) is 48.9 Å². The molecule has 0 aliphatic carbocycles. The molecule has 7 heteroatoms. The van der Waals surface area contributed by atoms with Crippen LogP contribution in [0, 0.1) is 0 Å². The van der Waals surface area contributed by atoms with E-state index in [0.29, 0.717) is 6.54 Å². The minimum absolute atomic E-state index is 0.0353. The zero-order valence-corrected chi connectivity index (χ0v) is 13.9. The molecule has 1 aliphatic rings. The maximum absolute atomic E-state index is 12.4. The molecule has 118 valence electrons. The van der Waals surface area contributed by atoms with Gasteiger partial charge in [0.25, 0.3) is 0 Å². The van der Waals surface area contributed by atoms with Gasteiger partial charge < -0.3 is 15.6 Å². The highest BCUT2D eigenvalue weighted by atomic mass is 32.1. The predicted octanol–water partition coefficient (Wildman–Crippen LogP) is 1.67. The van der Waals surface area contributed by atoms with Crippen molar-refractivity contribution in [2.24, 2.45) is 0 Å². The zero-order valence-electron chi connectivity index (χ0n) is 13.1. The SMILES string of the molecule is CC(C)(C)c1csc(CNC(=O)[C@H]2NCCc3[nH]cnc32)n1. The van der Waals surface area contributed by atoms with Gasteiger partial charge in [0.1, 0.15) is 11.0 Å². The number of aromatic nitrogens is 3. The molecule has 6 nitrogen and oxygen atoms in total. The molecule has 0 radical (unpaired) electrons. The third kappa shape index (κ3) is 3.05. The van der Waals surface area contributed by atoms with Crippen molar-refractivity contribution in [3.05, 3.63) is 33.8 Å². The van der Waals surface area contributed by atoms with E-state index in [0.717, 1.165) is 35.1 Å². The molecule has 1 amide bonds. The standard InChI is InChI=1S/C15H21N5OS/c1-15(2,3)10-7-22-11(20-10)6-17-14(21)13-12-9(4-5-16-13)18-8-19-12/h7-8,13,16H,4-6H2,1-3H3,(H,17,21)(H,18,19)/t13-/m0/s1. The lowest BCUT2D eigenvalue weighted by Crippen LogP contribution is -2.41. The first-order chi connectivity index (χ1) is 10.4. The van der Waals surface area contributed by atoms with Crippen LogP contribution in [0.15, 0.2) is 11.7 Å². The number of hydrogen-bond acceptors (Lipinski definition) is 5. The second-order valence-electron chi connectivity index (χ2n) is 6.50. The van der Waals surface area contributed by atoms with Crippen molar-refractivity contribution in [2.75, 3.05) is 6.54 Å². The molecule has 2 aromatic rings. The molecule has 0 fully saturated rings. The van der Waals surface area contributed by atoms with Crippen LogP contribution in [0.4, 0.5) is 0 Å². The first-order valence-electron chi connectivity index (χ1n) is 7.43. The number of H-pyrrole nitrogens is 1. The lowest BCUT2D eigenvalue weighted by atomic mass is 9.93. The summed E-state index contributed by atoms with van der Waals surface area (Å²) in [5.41, 5.74) is 2.95. The fourth-order valence-corrected chi connectivity index (χ4v) is 3.40. The summed E-state index contributed by atoms with van der Waals surface area (Å²) >= 11 is 1.58. The molecule has 1 atom stereocenters. The number of aromatic amines is 1. The summed E-state index contributed by atoms with van der Waals surface area (Å²) < 4.78 is 0. The highest BCUT2D eigenvalue weighted by Crippen LogP contribution is 2.24. The number of carbonyl (C=O) groups excluding carboxylic acids is 1. The van der Waals surface area contributed by atoms with E-state index in [2.05, 4.69) is 51.7 Å². The molecule has 0 unspecified atom stereocenters. The number of carbonyl (C=O) groups is 1. The van der Waals surface area contributed by atoms with E-state index in [1.807, 2.05) is 0 Å². The summed E-state index contributed by atoms with van der Waals surface area (Å²) in [5, 5.41) is 9.16. The van der Waals surface area contributed by atoms with Gasteiger partial charge in [-0.2, -0.15) is 0 Å². The van der Waals surface area contributed by atoms with E-state index >= 15 is 0 Å². The van der Waals surface area contributed by atoms with Crippen LogP contribution in [-0.2, 0) is 23.2 Å². The number of amides is 1. The van der Waals surface area contributed by atoms with Crippen molar-refractivity contribution < 1.29 is 4.79 Å². The summed E-state index contributed by atoms with van der Waals surface area (Å²) in [6, 6.07) is -0.378. The Morgan fingerprint density at radius 1 is 1.50 bits per heavy atom. The van der Waals surface area contributed by atoms with Crippen molar-refractivity contribution in [2.45, 2.75) is 45.2 Å². The number of hydrogen-bond donors (Lipinski definition) is 3. The van der Waals surface area contributed by atoms with Gasteiger partial charge in [-0.15, -0.1) is 11.3 Å². The normalized spacial score (nSPS) is 18.0. The highest BCUT2D eigenvalue weighted by molar-refractivity contribution is 7.09. The van der Waals surface area contributed by atoms with E-state index in [1.165, 1.54) is 0 Å². The maximum Gasteiger partial charge on any atom is 0.243 e. The Morgan fingerprint density at radius 3 is 3.05 bits per heavy atom. The monoisotopic (exact) mass is 319 g/mol. The van der Waals surface area contributed by atoms with Gasteiger partial charge in [0.2, 0.25) is 5.91 Å². The third-order valence-electron chi connectivity index (χ3n) is 3.74. The van der Waals surface area contributed by atoms with Crippen molar-refractivity contribution >= 4 is 17.2 Å². The molecular formula is C15H21N5OS. The Hall–Kier alpha value is -1.73. The minimum atomic E-state index is -0.378. The zero-order chi connectivity index (χ0) is 15.7. The Bertz CT molecular complexity index is 670. The summed E-state index contributed by atoms with van der Waals surface area (Å²) in [5.74, 6) is -0.0550. The molecular weight excluding hydrogens is 298 g/mol. The van der Waals surface area contributed by atoms with Gasteiger partial charge in [-0.1, -0.05) is 20.8 Å². The Labute approximate surface area is 133 Å². The number of rotatable bonds is 3. The molecule has 0 saturated carbocycles. The van der Waals surface area contributed by atoms with Crippen LogP contribution < -0.4 is 10.6 Å². The van der Waals surface area contributed by atoms with Crippen molar-refractivity contribution in [1.82, 2.24) is 25.6 Å². The Balaban J connectivity index is 1.63. The largest absolute Gasteiger partial charge is 0.348 e. The molecule has 0 bridgehead atoms. The molecule has 3 rings (SSSR count). The van der Waals surface area contributed by atoms with E-state index in [9.17, 15) is 4.79 Å². The fourth-order valence-electron chi connectivity index (χ4n) is 2.44. The molecule has 0 aromatic carbocycles. The van der Waals surface area contributed by atoms with E-state index in [-0.39, 0.29) is 17.4 Å². The molecule has 0 saturated heterocycles. The Kier molecular flexibility index (Phi) is 4.01. The van der Waals surface area contributed by atoms with Crippen LogP contribution in [-0.4, -0.2) is 27.4 Å². The summed E-state index contributed by atoms with van der Waals surface area (Å²) in [6.07, 6.45) is 2.52. The van der Waals surface area contributed by atoms with E-state index in [4.69, 9.17) is 0 Å². The van der Waals surface area contributed by atoms with Gasteiger partial charge in [0.05, 0.1) is 24.3 Å². The topological polar surface area (TPSA) is 82.7 Å². The van der Waals surface area contributed by atoms with Crippen LogP contribution in [0.3, 0.4) is 0 Å². The van der Waals surface area contributed by atoms with Gasteiger partial charge in [-0.3, -0.25) is 4.79 Å². The molecule has 22 heavy (non-hydrogen) atoms. The van der Waals surface area contributed by atoms with Gasteiger partial charge in [0, 0.05) is 29.5 Å². The third-order valence-corrected chi connectivity index (χ3v) is 4.59. The molecule has 3 heterocycles. The van der Waals surface area contributed by atoms with Crippen molar-refractivity contribution in [3.63, 3.8) is 0 Å². The van der Waals surface area contributed by atoms with Crippen molar-refractivity contribution in [1.29, 1.82) is 0 Å². The molecule has 1 aliphatic heterocycles. The lowest BCUT2D eigenvalue weighted by Gasteiger charge is -2.21. The number of thiazole rings is 1. The first kappa shape index (κ1) is 15.2. The number of imidazole rings is 1. The van der Waals surface area contributed by atoms with Gasteiger partial charge in [-0.25, -0.2) is 9.97 Å². The van der Waals surface area contributed by atoms with E-state index < -0.39 is 0 Å². The molecule has 2 aromatic heterocycles. The van der Waals surface area contributed by atoms with Gasteiger partial charge in [0.15, 0.2) is 0 Å². The van der Waals surface area contributed by atoms with Crippen LogP contribution >= 0.6 is 11.3 Å². The van der Waals surface area contributed by atoms with E-state index in [1.54, 1.807) is 17.7 Å². The van der Waals surface area contributed by atoms with Crippen LogP contribution in [0.5, 0.6) is 0 Å². The summed E-state index contributed by atoms with van der Waals surface area (Å²) in [4.78, 5) is 24.3. The molecule has 0 spiro atoms. The average molecular weight is 319 g/mol. The second-order valence-corrected chi connectivity index (χ2v) is 7.44. The summed E-state index contributed by atoms with van der Waals surface area (Å²) in [7, 11) is 0. The van der Waals surface area contributed by atoms with Crippen molar-refractivity contribution in [3.8, 4) is 0 Å². The van der Waals surface area contributed by atoms with Gasteiger partial charge >= 0.3 is 0 Å². The van der Waals surface area contributed by atoms with Crippen LogP contribution in [0.25, 0.3) is 0 Å². The number of nitrogens with one attached hydrogen (secondary N) is 3. The lowest BCUT2D eigenvalue weighted by molar-refractivity contribution is -0.123. The highest BCUT2D eigenvalue weighted by Gasteiger charge is 2.28. The first-order valence-corrected chi connectivity index (χ1v) is 8.31. The number of fused-ring (bicyclic) bond motifs is 1. The smallest absolute Gasteiger partial charge is 0.243 e. The average Bonchev–Trinajstić information content (AvgIpc) is 3.12. The van der Waals surface area contributed by atoms with Gasteiger partial charge in [-0.05, 0) is 0 Å². The quantitative estimate of drug-likeness (QED) is 0.803. The second kappa shape index (κ2) is 5.81. The summed E-state index contributed by atoms with van der Waals surface area (Å²) in [6.45, 7) is 7.64. The predicted molar refractivity (Wildman–Crippen MR) is 85.7 cm³/mol. The maximum atomic E-state index is 12.4. The Morgan fingerprint density at radius 2 is 2.32 bits per heavy atom. The fraction of sp³-hybridized carbons (Fsp3) is 0.533. The minimum Gasteiger partial charge on any atom is -0.348 e. The number of nitrogens with zero attached hydrogens (tertiary/aromatic N) is 2.